The highest BCUT2D eigenvalue weighted by Crippen LogP contribution is 2.07. The molecule has 0 aromatic carbocycles. The van der Waals surface area contributed by atoms with Gasteiger partial charge in [-0.1, -0.05) is 13.8 Å². The summed E-state index contributed by atoms with van der Waals surface area (Å²) in [6.07, 6.45) is 1.76. The van der Waals surface area contributed by atoms with Gasteiger partial charge in [-0.3, -0.25) is 4.79 Å². The zero-order valence-electron chi connectivity index (χ0n) is 7.61. The Morgan fingerprint density at radius 3 is 2.36 bits per heavy atom. The Morgan fingerprint density at radius 2 is 2.09 bits per heavy atom. The van der Waals surface area contributed by atoms with Crippen LogP contribution in [-0.2, 0) is 4.79 Å². The minimum absolute atomic E-state index is 0.270. The smallest absolute Gasteiger partial charge is 0.237 e. The SMILES string of the molecule is CCCNC(C)(CC)C(N)=O. The number of hydrogen-bond donors (Lipinski definition) is 2. The minimum atomic E-state index is -0.518. The first-order valence-corrected chi connectivity index (χ1v) is 4.11. The summed E-state index contributed by atoms with van der Waals surface area (Å²) in [4.78, 5) is 10.9. The van der Waals surface area contributed by atoms with Gasteiger partial charge in [0, 0.05) is 0 Å². The molecule has 0 aromatic heterocycles. The molecule has 3 N–H and O–H groups in total. The Morgan fingerprint density at radius 1 is 1.55 bits per heavy atom. The van der Waals surface area contributed by atoms with Crippen molar-refractivity contribution < 1.29 is 4.79 Å². The van der Waals surface area contributed by atoms with Gasteiger partial charge in [-0.05, 0) is 26.3 Å². The van der Waals surface area contributed by atoms with E-state index in [1.807, 2.05) is 13.8 Å². The minimum Gasteiger partial charge on any atom is -0.368 e. The van der Waals surface area contributed by atoms with E-state index in [9.17, 15) is 4.79 Å². The molecule has 11 heavy (non-hydrogen) atoms. The number of carbonyl (C=O) groups excluding carboxylic acids is 1. The van der Waals surface area contributed by atoms with E-state index < -0.39 is 5.54 Å². The van der Waals surface area contributed by atoms with Gasteiger partial charge in [0.25, 0.3) is 0 Å². The van der Waals surface area contributed by atoms with E-state index in [2.05, 4.69) is 12.2 Å². The molecule has 1 atom stereocenters. The van der Waals surface area contributed by atoms with Gasteiger partial charge < -0.3 is 11.1 Å². The predicted octanol–water partition coefficient (Wildman–Crippen LogP) is 0.640. The second-order valence-corrected chi connectivity index (χ2v) is 2.98. The highest BCUT2D eigenvalue weighted by Gasteiger charge is 2.27. The molecule has 0 rings (SSSR count). The van der Waals surface area contributed by atoms with Gasteiger partial charge in [-0.2, -0.15) is 0 Å². The molecular formula is C8H18N2O. The van der Waals surface area contributed by atoms with Gasteiger partial charge >= 0.3 is 0 Å². The molecule has 0 aromatic rings. The monoisotopic (exact) mass is 158 g/mol. The summed E-state index contributed by atoms with van der Waals surface area (Å²) in [5, 5.41) is 3.12. The van der Waals surface area contributed by atoms with Crippen LogP contribution in [0.2, 0.25) is 0 Å². The van der Waals surface area contributed by atoms with Crippen LogP contribution in [0.5, 0.6) is 0 Å². The topological polar surface area (TPSA) is 55.1 Å². The molecule has 0 fully saturated rings. The molecule has 0 heterocycles. The molecule has 0 saturated carbocycles. The van der Waals surface area contributed by atoms with Gasteiger partial charge in [0.1, 0.15) is 0 Å². The Bertz CT molecular complexity index is 136. The van der Waals surface area contributed by atoms with E-state index in [1.165, 1.54) is 0 Å². The fourth-order valence-corrected chi connectivity index (χ4v) is 0.787. The number of nitrogens with two attached hydrogens (primary N) is 1. The molecule has 0 aliphatic heterocycles. The van der Waals surface area contributed by atoms with Gasteiger partial charge in [-0.15, -0.1) is 0 Å². The normalized spacial score (nSPS) is 15.9. The van der Waals surface area contributed by atoms with Crippen molar-refractivity contribution in [1.29, 1.82) is 0 Å². The van der Waals surface area contributed by atoms with E-state index in [1.54, 1.807) is 0 Å². The summed E-state index contributed by atoms with van der Waals surface area (Å²) in [6, 6.07) is 0. The number of carbonyl (C=O) groups is 1. The molecule has 0 saturated heterocycles. The molecule has 1 unspecified atom stereocenters. The zero-order valence-corrected chi connectivity index (χ0v) is 7.61. The van der Waals surface area contributed by atoms with Crippen molar-refractivity contribution >= 4 is 5.91 Å². The highest BCUT2D eigenvalue weighted by molar-refractivity contribution is 5.84. The molecule has 0 radical (unpaired) electrons. The summed E-state index contributed by atoms with van der Waals surface area (Å²) in [5.41, 5.74) is 4.70. The second-order valence-electron chi connectivity index (χ2n) is 2.98. The summed E-state index contributed by atoms with van der Waals surface area (Å²) in [6.45, 7) is 6.69. The van der Waals surface area contributed by atoms with Crippen LogP contribution in [0.15, 0.2) is 0 Å². The lowest BCUT2D eigenvalue weighted by atomic mass is 9.98. The third-order valence-electron chi connectivity index (χ3n) is 2.02. The van der Waals surface area contributed by atoms with Crippen molar-refractivity contribution in [3.8, 4) is 0 Å². The maximum atomic E-state index is 10.9. The van der Waals surface area contributed by atoms with Crippen molar-refractivity contribution in [1.82, 2.24) is 5.32 Å². The first-order chi connectivity index (χ1) is 5.06. The zero-order chi connectivity index (χ0) is 8.91. The second kappa shape index (κ2) is 4.34. The van der Waals surface area contributed by atoms with Crippen LogP contribution in [0.1, 0.15) is 33.6 Å². The molecule has 0 bridgehead atoms. The third-order valence-corrected chi connectivity index (χ3v) is 2.02. The van der Waals surface area contributed by atoms with Crippen LogP contribution in [0.25, 0.3) is 0 Å². The largest absolute Gasteiger partial charge is 0.368 e. The fraction of sp³-hybridized carbons (Fsp3) is 0.875. The number of rotatable bonds is 5. The Labute approximate surface area is 68.3 Å². The molecule has 3 nitrogen and oxygen atoms in total. The van der Waals surface area contributed by atoms with Crippen LogP contribution in [0.3, 0.4) is 0 Å². The van der Waals surface area contributed by atoms with Crippen molar-refractivity contribution in [3.05, 3.63) is 0 Å². The van der Waals surface area contributed by atoms with E-state index in [4.69, 9.17) is 5.73 Å². The summed E-state index contributed by atoms with van der Waals surface area (Å²) in [7, 11) is 0. The first kappa shape index (κ1) is 10.4. The fourth-order valence-electron chi connectivity index (χ4n) is 0.787. The van der Waals surface area contributed by atoms with Crippen molar-refractivity contribution in [2.45, 2.75) is 39.2 Å². The van der Waals surface area contributed by atoms with Gasteiger partial charge in [0.15, 0.2) is 0 Å². The van der Waals surface area contributed by atoms with Gasteiger partial charge in [0.2, 0.25) is 5.91 Å². The Kier molecular flexibility index (Phi) is 4.11. The average molecular weight is 158 g/mol. The molecule has 1 amide bonds. The Balaban J connectivity index is 3.99. The van der Waals surface area contributed by atoms with Crippen LogP contribution >= 0.6 is 0 Å². The number of primary amides is 1. The first-order valence-electron chi connectivity index (χ1n) is 4.11. The van der Waals surface area contributed by atoms with E-state index in [0.717, 1.165) is 19.4 Å². The lowest BCUT2D eigenvalue weighted by Crippen LogP contribution is -2.52. The van der Waals surface area contributed by atoms with E-state index in [-0.39, 0.29) is 5.91 Å². The maximum absolute atomic E-state index is 10.9. The summed E-state index contributed by atoms with van der Waals surface area (Å²) < 4.78 is 0. The summed E-state index contributed by atoms with van der Waals surface area (Å²) >= 11 is 0. The average Bonchev–Trinajstić information content (AvgIpc) is 2.00. The highest BCUT2D eigenvalue weighted by atomic mass is 16.1. The number of hydrogen-bond acceptors (Lipinski definition) is 2. The molecule has 3 heteroatoms. The van der Waals surface area contributed by atoms with Crippen molar-refractivity contribution in [2.75, 3.05) is 6.54 Å². The lowest BCUT2D eigenvalue weighted by Gasteiger charge is -2.25. The van der Waals surface area contributed by atoms with E-state index >= 15 is 0 Å². The lowest BCUT2D eigenvalue weighted by molar-refractivity contribution is -0.123. The van der Waals surface area contributed by atoms with Crippen LogP contribution in [0, 0.1) is 0 Å². The van der Waals surface area contributed by atoms with Crippen LogP contribution < -0.4 is 11.1 Å². The molecule has 0 spiro atoms. The molecule has 66 valence electrons. The van der Waals surface area contributed by atoms with Crippen LogP contribution in [-0.4, -0.2) is 18.0 Å². The standard InChI is InChI=1S/C8H18N2O/c1-4-6-10-8(3,5-2)7(9)11/h10H,4-6H2,1-3H3,(H2,9,11). The molecule has 0 aliphatic rings. The summed E-state index contributed by atoms with van der Waals surface area (Å²) in [5.74, 6) is -0.270. The third kappa shape index (κ3) is 2.89. The van der Waals surface area contributed by atoms with E-state index in [0.29, 0.717) is 0 Å². The number of amides is 1. The van der Waals surface area contributed by atoms with Crippen molar-refractivity contribution in [2.24, 2.45) is 5.73 Å². The quantitative estimate of drug-likeness (QED) is 0.617. The van der Waals surface area contributed by atoms with Crippen molar-refractivity contribution in [3.63, 3.8) is 0 Å². The number of nitrogens with one attached hydrogen (secondary N) is 1. The van der Waals surface area contributed by atoms with Gasteiger partial charge in [0.05, 0.1) is 5.54 Å². The Hall–Kier alpha value is -0.570. The predicted molar refractivity (Wildman–Crippen MR) is 46.2 cm³/mol. The van der Waals surface area contributed by atoms with Gasteiger partial charge in [-0.25, -0.2) is 0 Å². The van der Waals surface area contributed by atoms with Crippen LogP contribution in [0.4, 0.5) is 0 Å². The molecular weight excluding hydrogens is 140 g/mol. The molecule has 0 aliphatic carbocycles. The maximum Gasteiger partial charge on any atom is 0.237 e.